The van der Waals surface area contributed by atoms with E-state index < -0.39 is 0 Å². The Morgan fingerprint density at radius 2 is 2.29 bits per heavy atom. The van der Waals surface area contributed by atoms with Crippen LogP contribution in [-0.4, -0.2) is 7.11 Å². The first kappa shape index (κ1) is 11.7. The van der Waals surface area contributed by atoms with Gasteiger partial charge in [-0.25, -0.2) is 0 Å². The molecule has 2 aromatic rings. The average molecular weight is 232 g/mol. The lowest BCUT2D eigenvalue weighted by Crippen LogP contribution is -2.29. The van der Waals surface area contributed by atoms with Crippen molar-refractivity contribution in [1.82, 2.24) is 5.43 Å². The molecule has 0 spiro atoms. The SMILES string of the molecule is COc1cccc(CC(NN)c2ccoc2)c1. The molecule has 0 saturated heterocycles. The highest BCUT2D eigenvalue weighted by atomic mass is 16.5. The van der Waals surface area contributed by atoms with E-state index in [1.165, 1.54) is 0 Å². The van der Waals surface area contributed by atoms with Crippen LogP contribution in [0.5, 0.6) is 5.75 Å². The van der Waals surface area contributed by atoms with Gasteiger partial charge in [-0.3, -0.25) is 11.3 Å². The van der Waals surface area contributed by atoms with Crippen molar-refractivity contribution in [2.75, 3.05) is 7.11 Å². The van der Waals surface area contributed by atoms with E-state index in [0.717, 1.165) is 23.3 Å². The van der Waals surface area contributed by atoms with Crippen LogP contribution in [0, 0.1) is 0 Å². The Balaban J connectivity index is 2.13. The van der Waals surface area contributed by atoms with Gasteiger partial charge in [0.25, 0.3) is 0 Å². The van der Waals surface area contributed by atoms with Crippen LogP contribution in [0.15, 0.2) is 47.3 Å². The van der Waals surface area contributed by atoms with Gasteiger partial charge in [0.2, 0.25) is 0 Å². The molecule has 2 rings (SSSR count). The van der Waals surface area contributed by atoms with Crippen LogP contribution in [0.1, 0.15) is 17.2 Å². The third-order valence-electron chi connectivity index (χ3n) is 2.72. The summed E-state index contributed by atoms with van der Waals surface area (Å²) in [5.74, 6) is 6.41. The maximum Gasteiger partial charge on any atom is 0.119 e. The summed E-state index contributed by atoms with van der Waals surface area (Å²) < 4.78 is 10.3. The van der Waals surface area contributed by atoms with E-state index in [9.17, 15) is 0 Å². The summed E-state index contributed by atoms with van der Waals surface area (Å²) >= 11 is 0. The zero-order valence-electron chi connectivity index (χ0n) is 9.72. The number of hydrogen-bond acceptors (Lipinski definition) is 4. The van der Waals surface area contributed by atoms with E-state index in [-0.39, 0.29) is 6.04 Å². The number of benzene rings is 1. The zero-order chi connectivity index (χ0) is 12.1. The second-order valence-corrected chi connectivity index (χ2v) is 3.83. The molecule has 1 aromatic carbocycles. The third-order valence-corrected chi connectivity index (χ3v) is 2.72. The molecule has 4 nitrogen and oxygen atoms in total. The third kappa shape index (κ3) is 2.87. The van der Waals surface area contributed by atoms with Crippen LogP contribution < -0.4 is 16.0 Å². The first-order valence-electron chi connectivity index (χ1n) is 5.44. The smallest absolute Gasteiger partial charge is 0.119 e. The van der Waals surface area contributed by atoms with E-state index in [2.05, 4.69) is 5.43 Å². The molecule has 3 N–H and O–H groups in total. The first-order chi connectivity index (χ1) is 8.33. The van der Waals surface area contributed by atoms with E-state index >= 15 is 0 Å². The predicted molar refractivity (Wildman–Crippen MR) is 65.5 cm³/mol. The van der Waals surface area contributed by atoms with E-state index in [1.54, 1.807) is 19.6 Å². The van der Waals surface area contributed by atoms with E-state index in [1.807, 2.05) is 30.3 Å². The monoisotopic (exact) mass is 232 g/mol. The Kier molecular flexibility index (Phi) is 3.80. The molecule has 0 saturated carbocycles. The van der Waals surface area contributed by atoms with Gasteiger partial charge in [0.05, 0.1) is 25.7 Å². The summed E-state index contributed by atoms with van der Waals surface area (Å²) in [7, 11) is 1.66. The topological polar surface area (TPSA) is 60.4 Å². The summed E-state index contributed by atoms with van der Waals surface area (Å²) in [5, 5.41) is 0. The van der Waals surface area contributed by atoms with Crippen molar-refractivity contribution in [3.8, 4) is 5.75 Å². The first-order valence-corrected chi connectivity index (χ1v) is 5.44. The highest BCUT2D eigenvalue weighted by Gasteiger charge is 2.11. The van der Waals surface area contributed by atoms with Gasteiger partial charge in [-0.15, -0.1) is 0 Å². The molecule has 0 aliphatic rings. The molecule has 0 fully saturated rings. The summed E-state index contributed by atoms with van der Waals surface area (Å²) in [6.07, 6.45) is 4.13. The number of nitrogens with one attached hydrogen (secondary N) is 1. The van der Waals surface area contributed by atoms with Crippen LogP contribution in [0.25, 0.3) is 0 Å². The number of hydrazine groups is 1. The Morgan fingerprint density at radius 1 is 1.41 bits per heavy atom. The fraction of sp³-hybridized carbons (Fsp3) is 0.231. The second kappa shape index (κ2) is 5.52. The fourth-order valence-corrected chi connectivity index (χ4v) is 1.78. The van der Waals surface area contributed by atoms with E-state index in [0.29, 0.717) is 0 Å². The molecule has 4 heteroatoms. The van der Waals surface area contributed by atoms with Gasteiger partial charge in [0.1, 0.15) is 5.75 Å². The van der Waals surface area contributed by atoms with Crippen LogP contribution in [0.3, 0.4) is 0 Å². The molecule has 90 valence electrons. The molecular formula is C13H16N2O2. The van der Waals surface area contributed by atoms with Crippen molar-refractivity contribution in [3.63, 3.8) is 0 Å². The minimum Gasteiger partial charge on any atom is -0.497 e. The lowest BCUT2D eigenvalue weighted by molar-refractivity contribution is 0.414. The molecule has 0 amide bonds. The van der Waals surface area contributed by atoms with Crippen molar-refractivity contribution in [3.05, 3.63) is 54.0 Å². The fourth-order valence-electron chi connectivity index (χ4n) is 1.78. The molecular weight excluding hydrogens is 216 g/mol. The van der Waals surface area contributed by atoms with Gasteiger partial charge < -0.3 is 9.15 Å². The van der Waals surface area contributed by atoms with Gasteiger partial charge in [-0.05, 0) is 30.2 Å². The average Bonchev–Trinajstić information content (AvgIpc) is 2.90. The van der Waals surface area contributed by atoms with Crippen LogP contribution in [0.2, 0.25) is 0 Å². The Bertz CT molecular complexity index is 454. The minimum absolute atomic E-state index is 0.0425. The second-order valence-electron chi connectivity index (χ2n) is 3.83. The van der Waals surface area contributed by atoms with Crippen molar-refractivity contribution in [2.45, 2.75) is 12.5 Å². The standard InChI is InChI=1S/C13H16N2O2/c1-16-12-4-2-3-10(7-12)8-13(15-14)11-5-6-17-9-11/h2-7,9,13,15H,8,14H2,1H3. The molecule has 1 heterocycles. The summed E-state index contributed by atoms with van der Waals surface area (Å²) in [6, 6.07) is 9.90. The Hall–Kier alpha value is -1.78. The maximum atomic E-state index is 5.56. The van der Waals surface area contributed by atoms with Gasteiger partial charge in [0.15, 0.2) is 0 Å². The van der Waals surface area contributed by atoms with Crippen molar-refractivity contribution >= 4 is 0 Å². The lowest BCUT2D eigenvalue weighted by Gasteiger charge is -2.14. The number of hydrogen-bond donors (Lipinski definition) is 2. The molecule has 1 aromatic heterocycles. The summed E-state index contributed by atoms with van der Waals surface area (Å²) in [6.45, 7) is 0. The van der Waals surface area contributed by atoms with Crippen LogP contribution >= 0.6 is 0 Å². The maximum absolute atomic E-state index is 5.56. The molecule has 17 heavy (non-hydrogen) atoms. The molecule has 0 aliphatic heterocycles. The zero-order valence-corrected chi connectivity index (χ0v) is 9.72. The minimum atomic E-state index is 0.0425. The van der Waals surface area contributed by atoms with Gasteiger partial charge >= 0.3 is 0 Å². The van der Waals surface area contributed by atoms with Gasteiger partial charge in [0, 0.05) is 5.56 Å². The molecule has 0 bridgehead atoms. The number of rotatable bonds is 5. The number of ether oxygens (including phenoxy) is 1. The van der Waals surface area contributed by atoms with Gasteiger partial charge in [-0.2, -0.15) is 0 Å². The Morgan fingerprint density at radius 3 is 2.94 bits per heavy atom. The van der Waals surface area contributed by atoms with E-state index in [4.69, 9.17) is 15.0 Å². The highest BCUT2D eigenvalue weighted by Crippen LogP contribution is 2.20. The highest BCUT2D eigenvalue weighted by molar-refractivity contribution is 5.30. The number of methoxy groups -OCH3 is 1. The normalized spacial score (nSPS) is 12.4. The molecule has 1 atom stereocenters. The summed E-state index contributed by atoms with van der Waals surface area (Å²) in [5.41, 5.74) is 4.99. The lowest BCUT2D eigenvalue weighted by atomic mass is 10.0. The van der Waals surface area contributed by atoms with Crippen molar-refractivity contribution in [1.29, 1.82) is 0 Å². The molecule has 1 unspecified atom stereocenters. The van der Waals surface area contributed by atoms with Gasteiger partial charge in [-0.1, -0.05) is 12.1 Å². The number of furan rings is 1. The largest absolute Gasteiger partial charge is 0.497 e. The van der Waals surface area contributed by atoms with Crippen LogP contribution in [-0.2, 0) is 6.42 Å². The Labute approximate surface area is 100 Å². The quantitative estimate of drug-likeness (QED) is 0.611. The predicted octanol–water partition coefficient (Wildman–Crippen LogP) is 2.04. The summed E-state index contributed by atoms with van der Waals surface area (Å²) in [4.78, 5) is 0. The molecule has 0 radical (unpaired) electrons. The number of nitrogens with two attached hydrogens (primary N) is 1. The van der Waals surface area contributed by atoms with Crippen molar-refractivity contribution < 1.29 is 9.15 Å². The van der Waals surface area contributed by atoms with Crippen molar-refractivity contribution in [2.24, 2.45) is 5.84 Å². The molecule has 0 aliphatic carbocycles. The van der Waals surface area contributed by atoms with Crippen LogP contribution in [0.4, 0.5) is 0 Å².